The van der Waals surface area contributed by atoms with Gasteiger partial charge in [0.1, 0.15) is 17.3 Å². The molecular weight excluding hydrogens is 340 g/mol. The Kier molecular flexibility index (Phi) is 3.92. The highest BCUT2D eigenvalue weighted by Gasteiger charge is 2.17. The van der Waals surface area contributed by atoms with Gasteiger partial charge in [0.2, 0.25) is 0 Å². The number of amides is 1. The monoisotopic (exact) mass is 353 g/mol. The summed E-state index contributed by atoms with van der Waals surface area (Å²) in [6, 6.07) is 8.53. The van der Waals surface area contributed by atoms with Crippen molar-refractivity contribution < 1.29 is 13.6 Å². The zero-order valence-electron chi connectivity index (χ0n) is 13.4. The Hall–Kier alpha value is -3.55. The molecule has 0 unspecified atom stereocenters. The number of halogens is 2. The Morgan fingerprint density at radius 3 is 2.85 bits per heavy atom. The number of benzene rings is 2. The van der Waals surface area contributed by atoms with Crippen molar-refractivity contribution in [3.05, 3.63) is 71.8 Å². The Morgan fingerprint density at radius 1 is 1.19 bits per heavy atom. The van der Waals surface area contributed by atoms with Gasteiger partial charge < -0.3 is 10.3 Å². The summed E-state index contributed by atoms with van der Waals surface area (Å²) in [4.78, 5) is 19.1. The Balaban J connectivity index is 1.70. The number of hydrogen-bond donors (Lipinski definition) is 3. The molecule has 4 aromatic rings. The summed E-state index contributed by atoms with van der Waals surface area (Å²) < 4.78 is 27.8. The third-order valence-corrected chi connectivity index (χ3v) is 3.99. The SMILES string of the molecule is O=C(NCc1cnc[nH]1)c1cc2c(-c3cccc(F)c3)n[nH]c2cc1F. The van der Waals surface area contributed by atoms with Gasteiger partial charge in [-0.1, -0.05) is 12.1 Å². The van der Waals surface area contributed by atoms with Crippen molar-refractivity contribution in [1.29, 1.82) is 0 Å². The Bertz CT molecular complexity index is 1090. The number of rotatable bonds is 4. The topological polar surface area (TPSA) is 86.5 Å². The van der Waals surface area contributed by atoms with Crippen LogP contribution in [0.1, 0.15) is 16.1 Å². The highest BCUT2D eigenvalue weighted by molar-refractivity contribution is 6.01. The van der Waals surface area contributed by atoms with E-state index in [0.717, 1.165) is 0 Å². The molecule has 130 valence electrons. The van der Waals surface area contributed by atoms with E-state index in [-0.39, 0.29) is 12.1 Å². The Morgan fingerprint density at radius 2 is 2.08 bits per heavy atom. The second-order valence-corrected chi connectivity index (χ2v) is 5.72. The molecule has 0 bridgehead atoms. The standard InChI is InChI=1S/C18H13F2N5O/c19-11-3-1-2-10(4-11)17-14-5-13(15(20)6-16(14)24-25-17)18(26)22-8-12-7-21-9-23-12/h1-7,9H,8H2,(H,21,23)(H,22,26)(H,24,25). The smallest absolute Gasteiger partial charge is 0.254 e. The van der Waals surface area contributed by atoms with Crippen LogP contribution in [0.3, 0.4) is 0 Å². The second-order valence-electron chi connectivity index (χ2n) is 5.72. The molecule has 0 saturated heterocycles. The fourth-order valence-corrected chi connectivity index (χ4v) is 2.72. The summed E-state index contributed by atoms with van der Waals surface area (Å²) in [6.07, 6.45) is 3.06. The van der Waals surface area contributed by atoms with Crippen LogP contribution in [-0.4, -0.2) is 26.1 Å². The van der Waals surface area contributed by atoms with Crippen LogP contribution in [0.2, 0.25) is 0 Å². The molecule has 0 radical (unpaired) electrons. The van der Waals surface area contributed by atoms with Crippen molar-refractivity contribution in [3.63, 3.8) is 0 Å². The molecule has 2 heterocycles. The molecule has 1 amide bonds. The van der Waals surface area contributed by atoms with Gasteiger partial charge in [0.25, 0.3) is 5.91 Å². The summed E-state index contributed by atoms with van der Waals surface area (Å²) in [7, 11) is 0. The summed E-state index contributed by atoms with van der Waals surface area (Å²) in [5.74, 6) is -1.64. The first kappa shape index (κ1) is 15.9. The van der Waals surface area contributed by atoms with E-state index in [1.54, 1.807) is 18.3 Å². The molecule has 0 spiro atoms. The van der Waals surface area contributed by atoms with Gasteiger partial charge in [0.05, 0.1) is 29.6 Å². The maximum absolute atomic E-state index is 14.3. The average Bonchev–Trinajstić information content (AvgIpc) is 3.28. The number of aromatic nitrogens is 4. The van der Waals surface area contributed by atoms with Gasteiger partial charge in [0, 0.05) is 23.2 Å². The average molecular weight is 353 g/mol. The summed E-state index contributed by atoms with van der Waals surface area (Å²) in [5, 5.41) is 10.00. The molecule has 8 heteroatoms. The molecule has 0 aliphatic rings. The fraction of sp³-hybridized carbons (Fsp3) is 0.0556. The number of imidazole rings is 1. The lowest BCUT2D eigenvalue weighted by Gasteiger charge is -2.06. The predicted molar refractivity (Wildman–Crippen MR) is 91.2 cm³/mol. The van der Waals surface area contributed by atoms with E-state index in [0.29, 0.717) is 27.9 Å². The van der Waals surface area contributed by atoms with Gasteiger partial charge in [-0.2, -0.15) is 5.10 Å². The van der Waals surface area contributed by atoms with Crippen LogP contribution in [0.4, 0.5) is 8.78 Å². The van der Waals surface area contributed by atoms with Crippen LogP contribution in [0.25, 0.3) is 22.2 Å². The minimum atomic E-state index is -0.672. The van der Waals surface area contributed by atoms with Crippen LogP contribution >= 0.6 is 0 Å². The molecule has 0 aliphatic carbocycles. The van der Waals surface area contributed by atoms with Crippen molar-refractivity contribution in [3.8, 4) is 11.3 Å². The lowest BCUT2D eigenvalue weighted by atomic mass is 10.0. The number of nitrogens with one attached hydrogen (secondary N) is 3. The summed E-state index contributed by atoms with van der Waals surface area (Å²) >= 11 is 0. The van der Waals surface area contributed by atoms with Crippen LogP contribution in [0.15, 0.2) is 48.9 Å². The lowest BCUT2D eigenvalue weighted by molar-refractivity contribution is 0.0946. The van der Waals surface area contributed by atoms with E-state index in [1.807, 2.05) is 0 Å². The zero-order valence-corrected chi connectivity index (χ0v) is 13.4. The fourth-order valence-electron chi connectivity index (χ4n) is 2.72. The first-order valence-corrected chi connectivity index (χ1v) is 7.81. The number of carbonyl (C=O) groups is 1. The quantitative estimate of drug-likeness (QED) is 0.527. The first-order chi connectivity index (χ1) is 12.6. The number of nitrogens with zero attached hydrogens (tertiary/aromatic N) is 2. The van der Waals surface area contributed by atoms with Gasteiger partial charge in [-0.3, -0.25) is 9.89 Å². The number of fused-ring (bicyclic) bond motifs is 1. The van der Waals surface area contributed by atoms with Gasteiger partial charge >= 0.3 is 0 Å². The molecule has 26 heavy (non-hydrogen) atoms. The van der Waals surface area contributed by atoms with Crippen LogP contribution in [-0.2, 0) is 6.54 Å². The number of H-pyrrole nitrogens is 2. The van der Waals surface area contributed by atoms with Crippen molar-refractivity contribution in [2.45, 2.75) is 6.54 Å². The highest BCUT2D eigenvalue weighted by Crippen LogP contribution is 2.28. The normalized spacial score (nSPS) is 11.0. The van der Waals surface area contributed by atoms with E-state index in [4.69, 9.17) is 0 Å². The number of carbonyl (C=O) groups excluding carboxylic acids is 1. The molecule has 4 rings (SSSR count). The van der Waals surface area contributed by atoms with Crippen molar-refractivity contribution >= 4 is 16.8 Å². The zero-order chi connectivity index (χ0) is 18.1. The third-order valence-electron chi connectivity index (χ3n) is 3.99. The maximum Gasteiger partial charge on any atom is 0.254 e. The van der Waals surface area contributed by atoms with Crippen LogP contribution in [0.5, 0.6) is 0 Å². The first-order valence-electron chi connectivity index (χ1n) is 7.81. The van der Waals surface area contributed by atoms with E-state index in [2.05, 4.69) is 25.5 Å². The molecule has 6 nitrogen and oxygen atoms in total. The largest absolute Gasteiger partial charge is 0.347 e. The van der Waals surface area contributed by atoms with Gasteiger partial charge in [-0.25, -0.2) is 13.8 Å². The molecule has 0 atom stereocenters. The lowest BCUT2D eigenvalue weighted by Crippen LogP contribution is -2.24. The Labute approximate surface area is 146 Å². The maximum atomic E-state index is 14.3. The molecule has 0 saturated carbocycles. The van der Waals surface area contributed by atoms with Crippen LogP contribution < -0.4 is 5.32 Å². The molecule has 2 aromatic carbocycles. The van der Waals surface area contributed by atoms with Crippen molar-refractivity contribution in [2.24, 2.45) is 0 Å². The van der Waals surface area contributed by atoms with E-state index in [1.165, 1.54) is 30.6 Å². The summed E-state index contributed by atoms with van der Waals surface area (Å²) in [6.45, 7) is 0.193. The molecule has 0 fully saturated rings. The van der Waals surface area contributed by atoms with Crippen molar-refractivity contribution in [2.75, 3.05) is 0 Å². The van der Waals surface area contributed by atoms with E-state index in [9.17, 15) is 13.6 Å². The molecular formula is C18H13F2N5O. The third kappa shape index (κ3) is 2.92. The molecule has 0 aliphatic heterocycles. The second kappa shape index (κ2) is 6.40. The van der Waals surface area contributed by atoms with Crippen molar-refractivity contribution in [1.82, 2.24) is 25.5 Å². The minimum absolute atomic E-state index is 0.115. The van der Waals surface area contributed by atoms with Crippen LogP contribution in [0, 0.1) is 11.6 Å². The number of hydrogen-bond acceptors (Lipinski definition) is 3. The predicted octanol–water partition coefficient (Wildman–Crippen LogP) is 3.16. The molecule has 3 N–H and O–H groups in total. The van der Waals surface area contributed by atoms with Gasteiger partial charge in [-0.05, 0) is 18.2 Å². The highest BCUT2D eigenvalue weighted by atomic mass is 19.1. The minimum Gasteiger partial charge on any atom is -0.347 e. The van der Waals surface area contributed by atoms with E-state index < -0.39 is 17.5 Å². The van der Waals surface area contributed by atoms with Gasteiger partial charge in [0.15, 0.2) is 0 Å². The van der Waals surface area contributed by atoms with Gasteiger partial charge in [-0.15, -0.1) is 0 Å². The van der Waals surface area contributed by atoms with E-state index >= 15 is 0 Å². The molecule has 2 aromatic heterocycles. The number of aromatic amines is 2. The summed E-state index contributed by atoms with van der Waals surface area (Å²) in [5.41, 5.74) is 1.99.